The van der Waals surface area contributed by atoms with E-state index in [0.717, 1.165) is 0 Å². The maximum Gasteiger partial charge on any atom is 0.338 e. The van der Waals surface area contributed by atoms with Crippen LogP contribution in [0.4, 0.5) is 0 Å². The number of allylic oxidation sites excluding steroid dienone is 1. The summed E-state index contributed by atoms with van der Waals surface area (Å²) in [5.41, 5.74) is 0.460. The molecule has 0 saturated carbocycles. The zero-order valence-electron chi connectivity index (χ0n) is 9.72. The molecule has 92 valence electrons. The van der Waals surface area contributed by atoms with E-state index in [4.69, 9.17) is 9.84 Å². The van der Waals surface area contributed by atoms with Gasteiger partial charge in [0.2, 0.25) is 0 Å². The van der Waals surface area contributed by atoms with Crippen LogP contribution in [0.25, 0.3) is 0 Å². The molecule has 0 radical (unpaired) electrons. The molecule has 0 amide bonds. The van der Waals surface area contributed by atoms with Crippen LogP contribution in [0.15, 0.2) is 35.9 Å². The normalized spacial score (nSPS) is 11.3. The van der Waals surface area contributed by atoms with Gasteiger partial charge in [-0.05, 0) is 31.9 Å². The van der Waals surface area contributed by atoms with Crippen LogP contribution in [0.3, 0.4) is 0 Å². The van der Waals surface area contributed by atoms with Crippen molar-refractivity contribution < 1.29 is 19.7 Å². The van der Waals surface area contributed by atoms with Crippen LogP contribution in [0.2, 0.25) is 0 Å². The van der Waals surface area contributed by atoms with Gasteiger partial charge in [0.25, 0.3) is 0 Å². The Morgan fingerprint density at radius 2 is 2.12 bits per heavy atom. The maximum absolute atomic E-state index is 11.6. The third kappa shape index (κ3) is 4.28. The van der Waals surface area contributed by atoms with Crippen LogP contribution < -0.4 is 4.74 Å². The van der Waals surface area contributed by atoms with Crippen molar-refractivity contribution in [2.24, 2.45) is 0 Å². The molecular formula is C13H16O4. The topological polar surface area (TPSA) is 66.8 Å². The first-order valence-electron chi connectivity index (χ1n) is 5.43. The number of unbranched alkanes of at least 4 members (excludes halogenated alkanes) is 1. The molecule has 0 fully saturated rings. The molecule has 4 nitrogen and oxygen atoms in total. The van der Waals surface area contributed by atoms with E-state index in [0.29, 0.717) is 18.4 Å². The summed E-state index contributed by atoms with van der Waals surface area (Å²) >= 11 is 0. The first-order valence-corrected chi connectivity index (χ1v) is 5.43. The third-order valence-electron chi connectivity index (χ3n) is 2.20. The zero-order valence-corrected chi connectivity index (χ0v) is 9.72. The average molecular weight is 236 g/mol. The number of esters is 1. The molecule has 1 aromatic carbocycles. The smallest absolute Gasteiger partial charge is 0.338 e. The number of hydrogen-bond donors (Lipinski definition) is 2. The average Bonchev–Trinajstić information content (AvgIpc) is 2.32. The highest BCUT2D eigenvalue weighted by Crippen LogP contribution is 2.25. The number of hydrogen-bond acceptors (Lipinski definition) is 4. The van der Waals surface area contributed by atoms with E-state index in [-0.39, 0.29) is 18.1 Å². The molecule has 17 heavy (non-hydrogen) atoms. The van der Waals surface area contributed by atoms with Gasteiger partial charge in [0, 0.05) is 12.2 Å². The van der Waals surface area contributed by atoms with Crippen molar-refractivity contribution in [1.82, 2.24) is 0 Å². The summed E-state index contributed by atoms with van der Waals surface area (Å²) in [7, 11) is 0. The lowest BCUT2D eigenvalue weighted by atomic mass is 10.2. The van der Waals surface area contributed by atoms with Crippen molar-refractivity contribution in [1.29, 1.82) is 0 Å². The van der Waals surface area contributed by atoms with Crippen LogP contribution in [-0.2, 0) is 4.79 Å². The van der Waals surface area contributed by atoms with Crippen LogP contribution in [0.1, 0.15) is 19.8 Å². The molecule has 1 rings (SSSR count). The van der Waals surface area contributed by atoms with Gasteiger partial charge >= 0.3 is 5.97 Å². The number of benzene rings is 1. The van der Waals surface area contributed by atoms with Gasteiger partial charge in [-0.1, -0.05) is 18.2 Å². The van der Waals surface area contributed by atoms with Gasteiger partial charge in [-0.3, -0.25) is 0 Å². The first-order chi connectivity index (χ1) is 8.15. The quantitative estimate of drug-likeness (QED) is 0.355. The number of aliphatic hydroxyl groups is 1. The predicted molar refractivity (Wildman–Crippen MR) is 63.8 cm³/mol. The number of para-hydroxylation sites is 2. The van der Waals surface area contributed by atoms with Crippen LogP contribution in [0, 0.1) is 0 Å². The Kier molecular flexibility index (Phi) is 5.23. The Balaban J connectivity index is 2.60. The van der Waals surface area contributed by atoms with Gasteiger partial charge in [0.05, 0.1) is 0 Å². The minimum atomic E-state index is -0.496. The van der Waals surface area contributed by atoms with E-state index in [1.807, 2.05) is 0 Å². The molecule has 0 unspecified atom stereocenters. The second kappa shape index (κ2) is 6.70. The molecule has 0 spiro atoms. The monoisotopic (exact) mass is 236 g/mol. The number of rotatable bonds is 5. The lowest BCUT2D eigenvalue weighted by Gasteiger charge is -2.05. The number of phenolic OH excluding ortho intramolecular Hbond substituents is 1. The van der Waals surface area contributed by atoms with Crippen molar-refractivity contribution in [2.75, 3.05) is 6.61 Å². The number of carbonyl (C=O) groups excluding carboxylic acids is 1. The van der Waals surface area contributed by atoms with Crippen molar-refractivity contribution in [3.63, 3.8) is 0 Å². The number of carbonyl (C=O) groups is 1. The summed E-state index contributed by atoms with van der Waals surface area (Å²) < 4.78 is 5.02. The summed E-state index contributed by atoms with van der Waals surface area (Å²) in [5, 5.41) is 18.0. The van der Waals surface area contributed by atoms with Crippen LogP contribution in [0.5, 0.6) is 11.5 Å². The highest BCUT2D eigenvalue weighted by molar-refractivity contribution is 5.89. The van der Waals surface area contributed by atoms with E-state index < -0.39 is 5.97 Å². The lowest BCUT2D eigenvalue weighted by molar-refractivity contribution is -0.130. The standard InChI is InChI=1S/C13H16O4/c1-10(6-4-5-9-14)13(16)17-12-8-3-2-7-11(12)15/h2-3,6-8,14-15H,4-5,9H2,1H3. The minimum absolute atomic E-state index is 0.0657. The molecule has 4 heteroatoms. The first kappa shape index (κ1) is 13.3. The van der Waals surface area contributed by atoms with Crippen molar-refractivity contribution in [3.05, 3.63) is 35.9 Å². The molecule has 0 aliphatic rings. The van der Waals surface area contributed by atoms with E-state index in [9.17, 15) is 9.90 Å². The highest BCUT2D eigenvalue weighted by atomic mass is 16.5. The molecule has 0 atom stereocenters. The largest absolute Gasteiger partial charge is 0.504 e. The molecule has 2 N–H and O–H groups in total. The van der Waals surface area contributed by atoms with Gasteiger partial charge in [-0.15, -0.1) is 0 Å². The number of aliphatic hydroxyl groups excluding tert-OH is 1. The number of aromatic hydroxyl groups is 1. The van der Waals surface area contributed by atoms with E-state index in [1.165, 1.54) is 12.1 Å². The van der Waals surface area contributed by atoms with Gasteiger partial charge in [-0.2, -0.15) is 0 Å². The Morgan fingerprint density at radius 3 is 2.76 bits per heavy atom. The SMILES string of the molecule is CC(=CCCCO)C(=O)Oc1ccccc1O. The second-order valence-corrected chi connectivity index (χ2v) is 3.61. The molecular weight excluding hydrogens is 220 g/mol. The minimum Gasteiger partial charge on any atom is -0.504 e. The van der Waals surface area contributed by atoms with E-state index in [2.05, 4.69) is 0 Å². The Bertz CT molecular complexity index is 410. The van der Waals surface area contributed by atoms with Gasteiger partial charge in [0.1, 0.15) is 0 Å². The lowest BCUT2D eigenvalue weighted by Crippen LogP contribution is -2.09. The molecule has 0 aromatic heterocycles. The van der Waals surface area contributed by atoms with Gasteiger partial charge < -0.3 is 14.9 Å². The summed E-state index contributed by atoms with van der Waals surface area (Å²) in [6, 6.07) is 6.30. The molecule has 0 aliphatic carbocycles. The van der Waals surface area contributed by atoms with Gasteiger partial charge in [0.15, 0.2) is 11.5 Å². The van der Waals surface area contributed by atoms with E-state index in [1.54, 1.807) is 25.1 Å². The molecule has 0 heterocycles. The molecule has 0 aliphatic heterocycles. The summed E-state index contributed by atoms with van der Waals surface area (Å²) in [4.78, 5) is 11.6. The summed E-state index contributed by atoms with van der Waals surface area (Å²) in [6.45, 7) is 1.73. The van der Waals surface area contributed by atoms with Crippen molar-refractivity contribution in [2.45, 2.75) is 19.8 Å². The predicted octanol–water partition coefficient (Wildman–Crippen LogP) is 2.02. The summed E-state index contributed by atoms with van der Waals surface area (Å²) in [5.74, 6) is -0.416. The fraction of sp³-hybridized carbons (Fsp3) is 0.308. The molecule has 0 bridgehead atoms. The maximum atomic E-state index is 11.6. The van der Waals surface area contributed by atoms with Crippen molar-refractivity contribution >= 4 is 5.97 Å². The fourth-order valence-electron chi connectivity index (χ4n) is 1.22. The Hall–Kier alpha value is -1.81. The Morgan fingerprint density at radius 1 is 1.41 bits per heavy atom. The summed E-state index contributed by atoms with van der Waals surface area (Å²) in [6.07, 6.45) is 2.94. The highest BCUT2D eigenvalue weighted by Gasteiger charge is 2.09. The molecule has 1 aromatic rings. The second-order valence-electron chi connectivity index (χ2n) is 3.61. The fourth-order valence-corrected chi connectivity index (χ4v) is 1.22. The van der Waals surface area contributed by atoms with Crippen LogP contribution in [-0.4, -0.2) is 22.8 Å². The third-order valence-corrected chi connectivity index (χ3v) is 2.20. The van der Waals surface area contributed by atoms with Gasteiger partial charge in [-0.25, -0.2) is 4.79 Å². The van der Waals surface area contributed by atoms with Crippen molar-refractivity contribution in [3.8, 4) is 11.5 Å². The Labute approximate surface area is 100 Å². The van der Waals surface area contributed by atoms with Crippen LogP contribution >= 0.6 is 0 Å². The zero-order chi connectivity index (χ0) is 12.7. The number of ether oxygens (including phenoxy) is 1. The van der Waals surface area contributed by atoms with E-state index >= 15 is 0 Å². The molecule has 0 saturated heterocycles. The number of phenols is 1.